The Kier molecular flexibility index (Phi) is 2.52. The summed E-state index contributed by atoms with van der Waals surface area (Å²) in [6.45, 7) is 3.99. The van der Waals surface area contributed by atoms with Gasteiger partial charge in [0.15, 0.2) is 17.3 Å². The molecule has 1 heterocycles. The van der Waals surface area contributed by atoms with Crippen LogP contribution in [0.1, 0.15) is 31.2 Å². The molecule has 0 aliphatic rings. The van der Waals surface area contributed by atoms with Crippen molar-refractivity contribution in [1.29, 1.82) is 0 Å². The van der Waals surface area contributed by atoms with Crippen LogP contribution >= 0.6 is 0 Å². The molecule has 0 unspecified atom stereocenters. The molecule has 2 aromatic rings. The fourth-order valence-electron chi connectivity index (χ4n) is 1.47. The zero-order valence-electron chi connectivity index (χ0n) is 9.14. The number of nitrogens with two attached hydrogens (primary N) is 1. The molecule has 84 valence electrons. The lowest BCUT2D eigenvalue weighted by Crippen LogP contribution is -2.13. The Hall–Kier alpha value is -2.04. The molecule has 1 aromatic carbocycles. The number of oxazole rings is 1. The van der Waals surface area contributed by atoms with Crippen molar-refractivity contribution in [2.75, 3.05) is 0 Å². The van der Waals surface area contributed by atoms with E-state index in [9.17, 15) is 0 Å². The van der Waals surface area contributed by atoms with Crippen molar-refractivity contribution in [2.24, 2.45) is 10.9 Å². The zero-order valence-corrected chi connectivity index (χ0v) is 9.14. The molecular formula is C11H13N3O2. The average molecular weight is 219 g/mol. The predicted molar refractivity (Wildman–Crippen MR) is 60.6 cm³/mol. The first-order valence-electron chi connectivity index (χ1n) is 5.01. The summed E-state index contributed by atoms with van der Waals surface area (Å²) < 4.78 is 5.56. The molecule has 1 aromatic heterocycles. The fourth-order valence-corrected chi connectivity index (χ4v) is 1.47. The number of benzene rings is 1. The molecule has 0 saturated carbocycles. The molecule has 2 rings (SSSR count). The standard InChI is InChI=1S/C11H13N3O2/c1-6(2)11-13-9-7(10(12)14-15)4-3-5-8(9)16-11/h3-6,15H,1-2H3,(H2,12,14). The van der Waals surface area contributed by atoms with Gasteiger partial charge in [0.2, 0.25) is 0 Å². The molecule has 3 N–H and O–H groups in total. The minimum absolute atomic E-state index is 0.0363. The summed E-state index contributed by atoms with van der Waals surface area (Å²) >= 11 is 0. The Balaban J connectivity index is 2.68. The van der Waals surface area contributed by atoms with Crippen molar-refractivity contribution in [3.8, 4) is 0 Å². The van der Waals surface area contributed by atoms with Gasteiger partial charge in [-0.2, -0.15) is 0 Å². The molecule has 0 amide bonds. The van der Waals surface area contributed by atoms with Crippen molar-refractivity contribution in [3.05, 3.63) is 29.7 Å². The van der Waals surface area contributed by atoms with Crippen LogP contribution in [0.5, 0.6) is 0 Å². The van der Waals surface area contributed by atoms with Crippen LogP contribution in [0.2, 0.25) is 0 Å². The number of fused-ring (bicyclic) bond motifs is 1. The number of amidine groups is 1. The third-order valence-corrected chi connectivity index (χ3v) is 2.31. The number of nitrogens with zero attached hydrogens (tertiary/aromatic N) is 2. The van der Waals surface area contributed by atoms with Crippen LogP contribution in [0.15, 0.2) is 27.8 Å². The van der Waals surface area contributed by atoms with Gasteiger partial charge in [0.1, 0.15) is 5.52 Å². The first-order valence-corrected chi connectivity index (χ1v) is 5.01. The van der Waals surface area contributed by atoms with Crippen LogP contribution in [0.25, 0.3) is 11.1 Å². The number of oxime groups is 1. The van der Waals surface area contributed by atoms with E-state index in [4.69, 9.17) is 15.4 Å². The minimum Gasteiger partial charge on any atom is -0.440 e. The van der Waals surface area contributed by atoms with E-state index in [0.29, 0.717) is 22.6 Å². The highest BCUT2D eigenvalue weighted by atomic mass is 16.4. The second-order valence-corrected chi connectivity index (χ2v) is 3.84. The monoisotopic (exact) mass is 219 g/mol. The second-order valence-electron chi connectivity index (χ2n) is 3.84. The summed E-state index contributed by atoms with van der Waals surface area (Å²) in [7, 11) is 0. The van der Waals surface area contributed by atoms with E-state index in [1.807, 2.05) is 19.9 Å². The highest BCUT2D eigenvalue weighted by Crippen LogP contribution is 2.23. The molecule has 0 fully saturated rings. The highest BCUT2D eigenvalue weighted by Gasteiger charge is 2.13. The Morgan fingerprint density at radius 3 is 2.88 bits per heavy atom. The summed E-state index contributed by atoms with van der Waals surface area (Å²) in [5.41, 5.74) is 7.42. The van der Waals surface area contributed by atoms with Gasteiger partial charge in [-0.1, -0.05) is 25.1 Å². The summed E-state index contributed by atoms with van der Waals surface area (Å²) in [5, 5.41) is 11.6. The molecular weight excluding hydrogens is 206 g/mol. The van der Waals surface area contributed by atoms with Gasteiger partial charge in [-0.3, -0.25) is 0 Å². The lowest BCUT2D eigenvalue weighted by atomic mass is 10.2. The van der Waals surface area contributed by atoms with Crippen molar-refractivity contribution in [3.63, 3.8) is 0 Å². The van der Waals surface area contributed by atoms with Crippen LogP contribution in [0, 0.1) is 0 Å². The fraction of sp³-hybridized carbons (Fsp3) is 0.273. The number of hydrogen-bond acceptors (Lipinski definition) is 4. The second kappa shape index (κ2) is 3.84. The SMILES string of the molecule is CC(C)c1nc2c(/C(N)=N/O)cccc2o1. The maximum atomic E-state index is 8.67. The summed E-state index contributed by atoms with van der Waals surface area (Å²) in [6, 6.07) is 5.33. The number of aromatic nitrogens is 1. The highest BCUT2D eigenvalue weighted by molar-refractivity contribution is 6.06. The van der Waals surface area contributed by atoms with E-state index in [2.05, 4.69) is 10.1 Å². The molecule has 0 aliphatic carbocycles. The van der Waals surface area contributed by atoms with Crippen LogP contribution in [0.4, 0.5) is 0 Å². The third-order valence-electron chi connectivity index (χ3n) is 2.31. The van der Waals surface area contributed by atoms with Gasteiger partial charge >= 0.3 is 0 Å². The number of para-hydroxylation sites is 1. The lowest BCUT2D eigenvalue weighted by molar-refractivity contribution is 0.318. The smallest absolute Gasteiger partial charge is 0.198 e. The average Bonchev–Trinajstić information content (AvgIpc) is 2.71. The van der Waals surface area contributed by atoms with Gasteiger partial charge in [-0.25, -0.2) is 4.98 Å². The van der Waals surface area contributed by atoms with E-state index in [0.717, 1.165) is 0 Å². The number of rotatable bonds is 2. The normalized spacial score (nSPS) is 12.6. The van der Waals surface area contributed by atoms with E-state index in [-0.39, 0.29) is 11.8 Å². The van der Waals surface area contributed by atoms with E-state index < -0.39 is 0 Å². The Labute approximate surface area is 92.6 Å². The molecule has 0 atom stereocenters. The molecule has 0 aliphatic heterocycles. The summed E-state index contributed by atoms with van der Waals surface area (Å²) in [5.74, 6) is 0.884. The molecule has 5 nitrogen and oxygen atoms in total. The summed E-state index contributed by atoms with van der Waals surface area (Å²) in [6.07, 6.45) is 0. The maximum absolute atomic E-state index is 8.67. The Morgan fingerprint density at radius 1 is 1.50 bits per heavy atom. The molecule has 16 heavy (non-hydrogen) atoms. The van der Waals surface area contributed by atoms with Gasteiger partial charge in [0, 0.05) is 11.5 Å². The predicted octanol–water partition coefficient (Wildman–Crippen LogP) is 2.05. The third kappa shape index (κ3) is 1.60. The van der Waals surface area contributed by atoms with E-state index in [1.165, 1.54) is 0 Å². The van der Waals surface area contributed by atoms with Gasteiger partial charge < -0.3 is 15.4 Å². The molecule has 0 bridgehead atoms. The van der Waals surface area contributed by atoms with Crippen LogP contribution in [-0.2, 0) is 0 Å². The van der Waals surface area contributed by atoms with Gasteiger partial charge in [0.05, 0.1) is 0 Å². The van der Waals surface area contributed by atoms with Crippen LogP contribution in [-0.4, -0.2) is 16.0 Å². The van der Waals surface area contributed by atoms with Crippen LogP contribution in [0.3, 0.4) is 0 Å². The van der Waals surface area contributed by atoms with Crippen molar-refractivity contribution in [1.82, 2.24) is 4.98 Å². The zero-order chi connectivity index (χ0) is 11.7. The van der Waals surface area contributed by atoms with Gasteiger partial charge in [-0.05, 0) is 12.1 Å². The maximum Gasteiger partial charge on any atom is 0.198 e. The van der Waals surface area contributed by atoms with Gasteiger partial charge in [0.25, 0.3) is 0 Å². The van der Waals surface area contributed by atoms with Crippen LogP contribution < -0.4 is 5.73 Å². The molecule has 0 radical (unpaired) electrons. The van der Waals surface area contributed by atoms with Crippen molar-refractivity contribution in [2.45, 2.75) is 19.8 Å². The first-order chi connectivity index (χ1) is 7.63. The minimum atomic E-state index is 0.0363. The molecule has 0 spiro atoms. The molecule has 0 saturated heterocycles. The van der Waals surface area contributed by atoms with Gasteiger partial charge in [-0.15, -0.1) is 0 Å². The number of hydrogen-bond donors (Lipinski definition) is 2. The van der Waals surface area contributed by atoms with Crippen molar-refractivity contribution >= 4 is 16.9 Å². The topological polar surface area (TPSA) is 84.6 Å². The Bertz CT molecular complexity index is 543. The first kappa shape index (κ1) is 10.5. The molecule has 5 heteroatoms. The van der Waals surface area contributed by atoms with Crippen molar-refractivity contribution < 1.29 is 9.62 Å². The van der Waals surface area contributed by atoms with E-state index >= 15 is 0 Å². The Morgan fingerprint density at radius 2 is 2.25 bits per heavy atom. The largest absolute Gasteiger partial charge is 0.440 e. The quantitative estimate of drug-likeness (QED) is 0.350. The lowest BCUT2D eigenvalue weighted by Gasteiger charge is -1.97. The van der Waals surface area contributed by atoms with E-state index in [1.54, 1.807) is 12.1 Å². The summed E-state index contributed by atoms with van der Waals surface area (Å²) in [4.78, 5) is 4.34.